The predicted octanol–water partition coefficient (Wildman–Crippen LogP) is 4.23. The smallest absolute Gasteiger partial charge is 0.302 e. The predicted molar refractivity (Wildman–Crippen MR) is 86.5 cm³/mol. The summed E-state index contributed by atoms with van der Waals surface area (Å²) in [7, 11) is 0. The molecule has 0 radical (unpaired) electrons. The lowest BCUT2D eigenvalue weighted by molar-refractivity contribution is -0.392. The van der Waals surface area contributed by atoms with Crippen molar-refractivity contribution >= 4 is 17.1 Å². The molecule has 0 heterocycles. The molecule has 7 heteroatoms. The van der Waals surface area contributed by atoms with Gasteiger partial charge >= 0.3 is 5.69 Å². The van der Waals surface area contributed by atoms with Gasteiger partial charge < -0.3 is 5.32 Å². The summed E-state index contributed by atoms with van der Waals surface area (Å²) in [6, 6.07) is 1.44. The quantitative estimate of drug-likeness (QED) is 0.572. The van der Waals surface area contributed by atoms with E-state index in [0.29, 0.717) is 24.0 Å². The van der Waals surface area contributed by atoms with Crippen LogP contribution in [-0.2, 0) is 12.8 Å². The van der Waals surface area contributed by atoms with Crippen molar-refractivity contribution in [2.24, 2.45) is 0 Å². The molecule has 0 aliphatic rings. The minimum Gasteiger partial charge on any atom is -0.371 e. The van der Waals surface area contributed by atoms with E-state index in [9.17, 15) is 20.2 Å². The van der Waals surface area contributed by atoms with Gasteiger partial charge in [-0.2, -0.15) is 0 Å². The van der Waals surface area contributed by atoms with E-state index in [2.05, 4.69) is 5.32 Å². The van der Waals surface area contributed by atoms with Crippen molar-refractivity contribution in [3.63, 3.8) is 0 Å². The van der Waals surface area contributed by atoms with Crippen molar-refractivity contribution < 1.29 is 9.85 Å². The molecule has 1 aromatic rings. The Labute approximate surface area is 130 Å². The highest BCUT2D eigenvalue weighted by molar-refractivity contribution is 5.78. The van der Waals surface area contributed by atoms with E-state index in [4.69, 9.17) is 0 Å². The van der Waals surface area contributed by atoms with Crippen LogP contribution in [0, 0.1) is 20.2 Å². The molecule has 0 amide bonds. The van der Waals surface area contributed by atoms with Crippen molar-refractivity contribution in [3.05, 3.63) is 37.4 Å². The molecule has 7 nitrogen and oxygen atoms in total. The fourth-order valence-corrected chi connectivity index (χ4v) is 2.64. The molecule has 0 unspecified atom stereocenters. The third-order valence-electron chi connectivity index (χ3n) is 3.93. The molecular weight excluding hydrogens is 286 g/mol. The normalized spacial score (nSPS) is 10.8. The van der Waals surface area contributed by atoms with Crippen molar-refractivity contribution in [1.82, 2.24) is 0 Å². The molecule has 0 saturated heterocycles. The molecule has 0 bridgehead atoms. The summed E-state index contributed by atoms with van der Waals surface area (Å²) in [6.45, 7) is 7.56. The van der Waals surface area contributed by atoms with E-state index >= 15 is 0 Å². The number of benzene rings is 1. The monoisotopic (exact) mass is 309 g/mol. The Hall–Kier alpha value is -2.18. The van der Waals surface area contributed by atoms with E-state index < -0.39 is 9.85 Å². The highest BCUT2D eigenvalue weighted by Gasteiger charge is 2.31. The third-order valence-corrected chi connectivity index (χ3v) is 3.93. The van der Waals surface area contributed by atoms with Crippen LogP contribution in [0.2, 0.25) is 0 Å². The number of nitrogens with zero attached hydrogens (tertiary/aromatic N) is 2. The van der Waals surface area contributed by atoms with Crippen LogP contribution in [0.15, 0.2) is 6.07 Å². The number of hydrogen-bond acceptors (Lipinski definition) is 5. The first-order valence-electron chi connectivity index (χ1n) is 7.65. The average molecular weight is 309 g/mol. The molecule has 0 fully saturated rings. The highest BCUT2D eigenvalue weighted by Crippen LogP contribution is 2.40. The summed E-state index contributed by atoms with van der Waals surface area (Å²) >= 11 is 0. The Kier molecular flexibility index (Phi) is 6.27. The molecule has 0 aliphatic carbocycles. The number of nitrogens with one attached hydrogen (secondary N) is 1. The number of aryl methyl sites for hydroxylation is 1. The zero-order valence-corrected chi connectivity index (χ0v) is 13.5. The summed E-state index contributed by atoms with van der Waals surface area (Å²) in [5.74, 6) is 0. The first kappa shape index (κ1) is 17.9. The molecular formula is C15H23N3O4. The largest absolute Gasteiger partial charge is 0.371 e. The Morgan fingerprint density at radius 2 is 1.64 bits per heavy atom. The van der Waals surface area contributed by atoms with Gasteiger partial charge in [0.15, 0.2) is 5.69 Å². The molecule has 0 atom stereocenters. The zero-order chi connectivity index (χ0) is 16.9. The molecule has 22 heavy (non-hydrogen) atoms. The second kappa shape index (κ2) is 7.72. The van der Waals surface area contributed by atoms with Gasteiger partial charge in [-0.25, -0.2) is 0 Å². The first-order chi connectivity index (χ1) is 10.4. The van der Waals surface area contributed by atoms with Gasteiger partial charge in [-0.1, -0.05) is 27.7 Å². The van der Waals surface area contributed by atoms with Crippen LogP contribution in [0.25, 0.3) is 0 Å². The van der Waals surface area contributed by atoms with E-state index in [1.54, 1.807) is 0 Å². The standard InChI is InChI=1S/C15H23N3O4/c1-5-10-9-13(17(19)20)14(16-11(6-2)7-3)15(18(21)22)12(10)8-4/h9,11,16H,5-8H2,1-4H3. The molecule has 1 aromatic carbocycles. The second-order valence-corrected chi connectivity index (χ2v) is 5.14. The van der Waals surface area contributed by atoms with Crippen LogP contribution >= 0.6 is 0 Å². The lowest BCUT2D eigenvalue weighted by Gasteiger charge is -2.18. The van der Waals surface area contributed by atoms with Crippen LogP contribution < -0.4 is 5.32 Å². The summed E-state index contributed by atoms with van der Waals surface area (Å²) in [5, 5.41) is 25.9. The topological polar surface area (TPSA) is 98.3 Å². The first-order valence-corrected chi connectivity index (χ1v) is 7.65. The van der Waals surface area contributed by atoms with Crippen molar-refractivity contribution in [1.29, 1.82) is 0 Å². The number of nitro groups is 2. The second-order valence-electron chi connectivity index (χ2n) is 5.14. The van der Waals surface area contributed by atoms with Crippen LogP contribution in [-0.4, -0.2) is 15.9 Å². The number of rotatable bonds is 8. The van der Waals surface area contributed by atoms with E-state index in [1.165, 1.54) is 6.07 Å². The van der Waals surface area contributed by atoms with Crippen LogP contribution in [0.5, 0.6) is 0 Å². The molecule has 0 saturated carbocycles. The summed E-state index contributed by atoms with van der Waals surface area (Å²) in [5.41, 5.74) is 0.911. The minimum absolute atomic E-state index is 0.0328. The molecule has 0 aliphatic heterocycles. The number of nitro benzene ring substituents is 2. The molecule has 1 rings (SSSR count). The molecule has 0 spiro atoms. The van der Waals surface area contributed by atoms with Gasteiger partial charge in [0.05, 0.1) is 9.85 Å². The summed E-state index contributed by atoms with van der Waals surface area (Å²) < 4.78 is 0. The maximum Gasteiger partial charge on any atom is 0.302 e. The summed E-state index contributed by atoms with van der Waals surface area (Å²) in [6.07, 6.45) is 2.47. The van der Waals surface area contributed by atoms with Crippen LogP contribution in [0.3, 0.4) is 0 Å². The Balaban J connectivity index is 3.67. The van der Waals surface area contributed by atoms with Crippen LogP contribution in [0.1, 0.15) is 51.7 Å². The molecule has 122 valence electrons. The van der Waals surface area contributed by atoms with E-state index in [0.717, 1.165) is 12.8 Å². The zero-order valence-electron chi connectivity index (χ0n) is 13.5. The van der Waals surface area contributed by atoms with E-state index in [-0.39, 0.29) is 23.1 Å². The Bertz CT molecular complexity index is 568. The van der Waals surface area contributed by atoms with Gasteiger partial charge in [0.2, 0.25) is 0 Å². The SMILES string of the molecule is CCc1cc([N+](=O)[O-])c(NC(CC)CC)c([N+](=O)[O-])c1CC. The molecule has 0 aromatic heterocycles. The fraction of sp³-hybridized carbons (Fsp3) is 0.600. The van der Waals surface area contributed by atoms with Crippen LogP contribution in [0.4, 0.5) is 17.1 Å². The maximum absolute atomic E-state index is 11.5. The lowest BCUT2D eigenvalue weighted by Crippen LogP contribution is -2.20. The average Bonchev–Trinajstić information content (AvgIpc) is 2.50. The third kappa shape index (κ3) is 3.52. The van der Waals surface area contributed by atoms with Gasteiger partial charge in [0, 0.05) is 17.7 Å². The van der Waals surface area contributed by atoms with Crippen molar-refractivity contribution in [2.75, 3.05) is 5.32 Å². The van der Waals surface area contributed by atoms with Gasteiger partial charge in [0.1, 0.15) is 0 Å². The Morgan fingerprint density at radius 1 is 1.05 bits per heavy atom. The van der Waals surface area contributed by atoms with Gasteiger partial charge in [-0.05, 0) is 31.2 Å². The molecule has 1 N–H and O–H groups in total. The van der Waals surface area contributed by atoms with Crippen molar-refractivity contribution in [3.8, 4) is 0 Å². The van der Waals surface area contributed by atoms with Gasteiger partial charge in [-0.15, -0.1) is 0 Å². The van der Waals surface area contributed by atoms with E-state index in [1.807, 2.05) is 27.7 Å². The number of anilines is 1. The lowest BCUT2D eigenvalue weighted by atomic mass is 9.97. The van der Waals surface area contributed by atoms with Gasteiger partial charge in [0.25, 0.3) is 5.69 Å². The summed E-state index contributed by atoms with van der Waals surface area (Å²) in [4.78, 5) is 21.9. The maximum atomic E-state index is 11.5. The minimum atomic E-state index is -0.545. The van der Waals surface area contributed by atoms with Crippen molar-refractivity contribution in [2.45, 2.75) is 59.4 Å². The fourth-order valence-electron chi connectivity index (χ4n) is 2.64. The number of hydrogen-bond donors (Lipinski definition) is 1. The van der Waals surface area contributed by atoms with Gasteiger partial charge in [-0.3, -0.25) is 20.2 Å². The Morgan fingerprint density at radius 3 is 2.00 bits per heavy atom. The highest BCUT2D eigenvalue weighted by atomic mass is 16.6.